The van der Waals surface area contributed by atoms with Crippen LogP contribution in [0.25, 0.3) is 0 Å². The van der Waals surface area contributed by atoms with Gasteiger partial charge in [0.2, 0.25) is 0 Å². The van der Waals surface area contributed by atoms with Crippen LogP contribution in [0, 0.1) is 0 Å². The molecular formula is C18H29F3IN5S. The summed E-state index contributed by atoms with van der Waals surface area (Å²) >= 11 is 0.997. The van der Waals surface area contributed by atoms with Crippen LogP contribution in [0.5, 0.6) is 0 Å². The minimum absolute atomic E-state index is 0. The highest BCUT2D eigenvalue weighted by atomic mass is 127. The van der Waals surface area contributed by atoms with E-state index < -0.39 is 11.9 Å². The van der Waals surface area contributed by atoms with Crippen LogP contribution in [0.3, 0.4) is 0 Å². The van der Waals surface area contributed by atoms with Gasteiger partial charge in [-0.1, -0.05) is 12.8 Å². The van der Waals surface area contributed by atoms with E-state index in [0.29, 0.717) is 23.6 Å². The zero-order chi connectivity index (χ0) is 19.3. The molecule has 0 radical (unpaired) electrons. The van der Waals surface area contributed by atoms with Gasteiger partial charge >= 0.3 is 6.18 Å². The second-order valence-corrected chi connectivity index (χ2v) is 8.15. The lowest BCUT2D eigenvalue weighted by Crippen LogP contribution is -2.50. The molecule has 2 N–H and O–H groups in total. The van der Waals surface area contributed by atoms with E-state index in [2.05, 4.69) is 25.5 Å². The molecular weight excluding hydrogens is 502 g/mol. The van der Waals surface area contributed by atoms with E-state index in [9.17, 15) is 13.2 Å². The van der Waals surface area contributed by atoms with Gasteiger partial charge in [-0.2, -0.15) is 13.2 Å². The Morgan fingerprint density at radius 1 is 1.25 bits per heavy atom. The maximum atomic E-state index is 12.7. The number of piperidine rings is 1. The first-order chi connectivity index (χ1) is 13.0. The highest BCUT2D eigenvalue weighted by Crippen LogP contribution is 2.30. The van der Waals surface area contributed by atoms with E-state index >= 15 is 0 Å². The van der Waals surface area contributed by atoms with E-state index in [1.165, 1.54) is 25.7 Å². The average Bonchev–Trinajstić information content (AvgIpc) is 3.32. The van der Waals surface area contributed by atoms with Crippen molar-refractivity contribution in [1.82, 2.24) is 20.5 Å². The number of hydrogen-bond acceptors (Lipinski definition) is 4. The highest BCUT2D eigenvalue weighted by molar-refractivity contribution is 14.0. The Morgan fingerprint density at radius 3 is 2.50 bits per heavy atom. The standard InChI is InChI=1S/C18H28F3N5S.HI/c1-2-22-17(23-11-16-25-15(12-27-16)18(19,20)21)24-13-7-9-26(10-8-13)14-5-3-4-6-14;/h12-14H,2-11H2,1H3,(H2,22,23,24);1H. The van der Waals surface area contributed by atoms with Gasteiger partial charge in [0, 0.05) is 37.1 Å². The number of aromatic nitrogens is 1. The Kier molecular flexibility index (Phi) is 9.26. The third kappa shape index (κ3) is 6.72. The van der Waals surface area contributed by atoms with E-state index in [1.54, 1.807) is 0 Å². The number of hydrogen-bond donors (Lipinski definition) is 2. The molecule has 2 aliphatic rings. The van der Waals surface area contributed by atoms with Crippen molar-refractivity contribution >= 4 is 41.3 Å². The van der Waals surface area contributed by atoms with Crippen molar-refractivity contribution in [3.05, 3.63) is 16.1 Å². The fourth-order valence-corrected chi connectivity index (χ4v) is 4.58. The number of nitrogens with zero attached hydrogens (tertiary/aromatic N) is 3. The lowest BCUT2D eigenvalue weighted by atomic mass is 10.0. The first kappa shape index (κ1) is 23.7. The quantitative estimate of drug-likeness (QED) is 0.339. The van der Waals surface area contributed by atoms with Crippen molar-refractivity contribution in [2.75, 3.05) is 19.6 Å². The van der Waals surface area contributed by atoms with Crippen molar-refractivity contribution in [2.45, 2.75) is 70.3 Å². The molecule has 1 aromatic heterocycles. The van der Waals surface area contributed by atoms with E-state index in [4.69, 9.17) is 0 Å². The van der Waals surface area contributed by atoms with Gasteiger partial charge in [0.05, 0.1) is 6.54 Å². The molecule has 1 aliphatic heterocycles. The first-order valence-corrected chi connectivity index (χ1v) is 10.6. The number of thiazole rings is 1. The Morgan fingerprint density at radius 2 is 1.93 bits per heavy atom. The summed E-state index contributed by atoms with van der Waals surface area (Å²) in [7, 11) is 0. The molecule has 2 fully saturated rings. The van der Waals surface area contributed by atoms with Crippen molar-refractivity contribution in [1.29, 1.82) is 0 Å². The maximum Gasteiger partial charge on any atom is 0.434 e. The predicted octanol–water partition coefficient (Wildman–Crippen LogP) is 4.24. The maximum absolute atomic E-state index is 12.7. The summed E-state index contributed by atoms with van der Waals surface area (Å²) in [6.07, 6.45) is 3.10. The van der Waals surface area contributed by atoms with Crippen LogP contribution >= 0.6 is 35.3 Å². The monoisotopic (exact) mass is 531 g/mol. The smallest absolute Gasteiger partial charge is 0.357 e. The molecule has 0 spiro atoms. The molecule has 0 bridgehead atoms. The van der Waals surface area contributed by atoms with E-state index in [-0.39, 0.29) is 30.5 Å². The van der Waals surface area contributed by atoms with Crippen LogP contribution in [0.15, 0.2) is 10.4 Å². The molecule has 0 aromatic carbocycles. The van der Waals surface area contributed by atoms with Crippen LogP contribution in [-0.2, 0) is 12.7 Å². The number of likely N-dealkylation sites (tertiary alicyclic amines) is 1. The molecule has 1 saturated carbocycles. The van der Waals surface area contributed by atoms with E-state index in [0.717, 1.165) is 48.7 Å². The van der Waals surface area contributed by atoms with Crippen LogP contribution in [0.2, 0.25) is 0 Å². The molecule has 0 atom stereocenters. The molecule has 1 aliphatic carbocycles. The van der Waals surface area contributed by atoms with Gasteiger partial charge in [-0.05, 0) is 32.6 Å². The van der Waals surface area contributed by atoms with Crippen LogP contribution in [0.4, 0.5) is 13.2 Å². The third-order valence-corrected chi connectivity index (χ3v) is 6.10. The molecule has 160 valence electrons. The summed E-state index contributed by atoms with van der Waals surface area (Å²) in [5, 5.41) is 8.04. The summed E-state index contributed by atoms with van der Waals surface area (Å²) in [6.45, 7) is 5.03. The molecule has 0 amide bonds. The molecule has 0 unspecified atom stereocenters. The lowest BCUT2D eigenvalue weighted by Gasteiger charge is -2.36. The van der Waals surface area contributed by atoms with Gasteiger partial charge in [0.25, 0.3) is 0 Å². The Balaban J connectivity index is 0.00000280. The molecule has 2 heterocycles. The molecule has 3 rings (SSSR count). The molecule has 28 heavy (non-hydrogen) atoms. The van der Waals surface area contributed by atoms with Gasteiger partial charge in [0.1, 0.15) is 5.01 Å². The Hall–Kier alpha value is -0.620. The first-order valence-electron chi connectivity index (χ1n) is 9.76. The summed E-state index contributed by atoms with van der Waals surface area (Å²) in [5.41, 5.74) is -0.838. The van der Waals surface area contributed by atoms with Gasteiger partial charge in [-0.15, -0.1) is 35.3 Å². The zero-order valence-corrected chi connectivity index (χ0v) is 19.2. The minimum atomic E-state index is -4.39. The molecule has 10 heteroatoms. The topological polar surface area (TPSA) is 52.6 Å². The average molecular weight is 531 g/mol. The number of halogens is 4. The van der Waals surface area contributed by atoms with Crippen LogP contribution in [0.1, 0.15) is 56.2 Å². The number of aliphatic imine (C=N–C) groups is 1. The summed E-state index contributed by atoms with van der Waals surface area (Å²) < 4.78 is 38.0. The van der Waals surface area contributed by atoms with Gasteiger partial charge in [-0.25, -0.2) is 9.98 Å². The number of rotatable bonds is 5. The Labute approximate surface area is 185 Å². The van der Waals surface area contributed by atoms with Crippen molar-refractivity contribution in [3.8, 4) is 0 Å². The second kappa shape index (κ2) is 11.0. The summed E-state index contributed by atoms with van der Waals surface area (Å²) in [4.78, 5) is 10.7. The lowest BCUT2D eigenvalue weighted by molar-refractivity contribution is -0.140. The third-order valence-electron chi connectivity index (χ3n) is 5.27. The number of alkyl halides is 3. The SMILES string of the molecule is CCNC(=NCc1nc(C(F)(F)F)cs1)NC1CCN(C2CCCC2)CC1.I. The summed E-state index contributed by atoms with van der Waals surface area (Å²) in [6, 6.07) is 1.11. The fourth-order valence-electron chi connectivity index (χ4n) is 3.85. The number of nitrogens with one attached hydrogen (secondary N) is 2. The van der Waals surface area contributed by atoms with Crippen molar-refractivity contribution < 1.29 is 13.2 Å². The molecule has 1 saturated heterocycles. The van der Waals surface area contributed by atoms with Gasteiger partial charge < -0.3 is 15.5 Å². The minimum Gasteiger partial charge on any atom is -0.357 e. The van der Waals surface area contributed by atoms with E-state index in [1.807, 2.05) is 6.92 Å². The van der Waals surface area contributed by atoms with Crippen molar-refractivity contribution in [2.24, 2.45) is 4.99 Å². The Bertz CT molecular complexity index is 623. The largest absolute Gasteiger partial charge is 0.434 e. The highest BCUT2D eigenvalue weighted by Gasteiger charge is 2.33. The second-order valence-electron chi connectivity index (χ2n) is 7.21. The van der Waals surface area contributed by atoms with Crippen molar-refractivity contribution in [3.63, 3.8) is 0 Å². The van der Waals surface area contributed by atoms with Crippen LogP contribution in [-0.4, -0.2) is 47.6 Å². The van der Waals surface area contributed by atoms with Crippen LogP contribution < -0.4 is 10.6 Å². The summed E-state index contributed by atoms with van der Waals surface area (Å²) in [5.74, 6) is 0.653. The fraction of sp³-hybridized carbons (Fsp3) is 0.778. The zero-order valence-electron chi connectivity index (χ0n) is 16.1. The van der Waals surface area contributed by atoms with Gasteiger partial charge in [-0.3, -0.25) is 0 Å². The molecule has 1 aromatic rings. The normalized spacial score (nSPS) is 20.2. The number of guanidine groups is 1. The predicted molar refractivity (Wildman–Crippen MR) is 117 cm³/mol. The van der Waals surface area contributed by atoms with Gasteiger partial charge in [0.15, 0.2) is 11.7 Å². The molecule has 5 nitrogen and oxygen atoms in total.